The molecule has 1 rings (SSSR count). The van der Waals surface area contributed by atoms with E-state index in [0.717, 1.165) is 5.92 Å². The van der Waals surface area contributed by atoms with Crippen LogP contribution in [0.2, 0.25) is 0 Å². The average molecular weight is 212 g/mol. The van der Waals surface area contributed by atoms with Crippen LogP contribution in [-0.4, -0.2) is 12.6 Å². The van der Waals surface area contributed by atoms with Crippen LogP contribution in [0, 0.1) is 17.8 Å². The SMILES string of the molecule is CCC[C@H]1CC[C@H](C)[C@@H]1CC(=O)OCC. The van der Waals surface area contributed by atoms with E-state index >= 15 is 0 Å². The van der Waals surface area contributed by atoms with Crippen molar-refractivity contribution in [2.24, 2.45) is 17.8 Å². The molecule has 0 N–H and O–H groups in total. The summed E-state index contributed by atoms with van der Waals surface area (Å²) in [6.07, 6.45) is 5.73. The summed E-state index contributed by atoms with van der Waals surface area (Å²) in [6.45, 7) is 6.89. The first-order valence-electron chi connectivity index (χ1n) is 6.34. The predicted octanol–water partition coefficient (Wildman–Crippen LogP) is 3.40. The Labute approximate surface area is 93.4 Å². The lowest BCUT2D eigenvalue weighted by molar-refractivity contribution is -0.144. The van der Waals surface area contributed by atoms with E-state index in [4.69, 9.17) is 4.74 Å². The molecular weight excluding hydrogens is 188 g/mol. The van der Waals surface area contributed by atoms with E-state index in [1.807, 2.05) is 6.92 Å². The zero-order valence-corrected chi connectivity index (χ0v) is 10.3. The van der Waals surface area contributed by atoms with Gasteiger partial charge in [0.15, 0.2) is 0 Å². The summed E-state index contributed by atoms with van der Waals surface area (Å²) < 4.78 is 5.04. The number of esters is 1. The predicted molar refractivity (Wildman–Crippen MR) is 61.5 cm³/mol. The van der Waals surface area contributed by atoms with Crippen LogP contribution in [0.1, 0.15) is 52.9 Å². The van der Waals surface area contributed by atoms with Gasteiger partial charge in [0.05, 0.1) is 6.61 Å². The summed E-state index contributed by atoms with van der Waals surface area (Å²) in [5.74, 6) is 2.03. The molecule has 0 radical (unpaired) electrons. The highest BCUT2D eigenvalue weighted by Crippen LogP contribution is 2.41. The third kappa shape index (κ3) is 3.51. The third-order valence-electron chi connectivity index (χ3n) is 3.70. The van der Waals surface area contributed by atoms with Gasteiger partial charge in [0.1, 0.15) is 0 Å². The Morgan fingerprint density at radius 3 is 2.67 bits per heavy atom. The quantitative estimate of drug-likeness (QED) is 0.653. The Kier molecular flexibility index (Phi) is 5.13. The van der Waals surface area contributed by atoms with Crippen molar-refractivity contribution in [3.05, 3.63) is 0 Å². The maximum Gasteiger partial charge on any atom is 0.306 e. The third-order valence-corrected chi connectivity index (χ3v) is 3.70. The fourth-order valence-corrected chi connectivity index (χ4v) is 2.88. The molecule has 0 heterocycles. The molecule has 1 aliphatic rings. The van der Waals surface area contributed by atoms with E-state index in [9.17, 15) is 4.79 Å². The van der Waals surface area contributed by atoms with Gasteiger partial charge in [-0.1, -0.05) is 33.1 Å². The van der Waals surface area contributed by atoms with Gasteiger partial charge in [-0.05, 0) is 31.1 Å². The van der Waals surface area contributed by atoms with E-state index in [0.29, 0.717) is 24.9 Å². The van der Waals surface area contributed by atoms with Gasteiger partial charge in [-0.25, -0.2) is 0 Å². The molecule has 0 aromatic rings. The van der Waals surface area contributed by atoms with Gasteiger partial charge in [-0.2, -0.15) is 0 Å². The highest BCUT2D eigenvalue weighted by Gasteiger charge is 2.34. The average Bonchev–Trinajstić information content (AvgIpc) is 2.51. The van der Waals surface area contributed by atoms with Crippen molar-refractivity contribution in [2.75, 3.05) is 6.61 Å². The second kappa shape index (κ2) is 6.14. The lowest BCUT2D eigenvalue weighted by Gasteiger charge is -2.21. The van der Waals surface area contributed by atoms with Crippen LogP contribution in [0.25, 0.3) is 0 Å². The minimum absolute atomic E-state index is 0.00245. The highest BCUT2D eigenvalue weighted by molar-refractivity contribution is 5.69. The molecule has 3 atom stereocenters. The molecule has 0 unspecified atom stereocenters. The van der Waals surface area contributed by atoms with Gasteiger partial charge in [-0.15, -0.1) is 0 Å². The minimum Gasteiger partial charge on any atom is -0.466 e. The van der Waals surface area contributed by atoms with Gasteiger partial charge in [0.2, 0.25) is 0 Å². The molecule has 15 heavy (non-hydrogen) atoms. The standard InChI is InChI=1S/C13H24O2/c1-4-6-11-8-7-10(3)12(11)9-13(14)15-5-2/h10-12H,4-9H2,1-3H3/t10-,11-,12-/m0/s1. The van der Waals surface area contributed by atoms with Crippen molar-refractivity contribution in [1.82, 2.24) is 0 Å². The maximum atomic E-state index is 11.5. The van der Waals surface area contributed by atoms with Crippen LogP contribution in [0.4, 0.5) is 0 Å². The molecule has 0 amide bonds. The summed E-state index contributed by atoms with van der Waals surface area (Å²) in [7, 11) is 0. The first-order valence-corrected chi connectivity index (χ1v) is 6.34. The molecule has 0 aliphatic heterocycles. The summed E-state index contributed by atoms with van der Waals surface area (Å²) in [5.41, 5.74) is 0. The number of hydrogen-bond donors (Lipinski definition) is 0. The fraction of sp³-hybridized carbons (Fsp3) is 0.923. The smallest absolute Gasteiger partial charge is 0.306 e. The van der Waals surface area contributed by atoms with Crippen molar-refractivity contribution in [3.8, 4) is 0 Å². The monoisotopic (exact) mass is 212 g/mol. The number of carbonyl (C=O) groups is 1. The van der Waals surface area contributed by atoms with E-state index < -0.39 is 0 Å². The maximum absolute atomic E-state index is 11.5. The Morgan fingerprint density at radius 2 is 2.07 bits per heavy atom. The molecule has 1 saturated carbocycles. The molecule has 1 fully saturated rings. The molecule has 0 aromatic carbocycles. The Bertz CT molecular complexity index is 199. The molecular formula is C13H24O2. The summed E-state index contributed by atoms with van der Waals surface area (Å²) in [5, 5.41) is 0. The molecule has 0 spiro atoms. The first-order chi connectivity index (χ1) is 7.19. The first kappa shape index (κ1) is 12.5. The lowest BCUT2D eigenvalue weighted by Crippen LogP contribution is -2.19. The Balaban J connectivity index is 2.45. The molecule has 2 nitrogen and oxygen atoms in total. The molecule has 0 bridgehead atoms. The number of hydrogen-bond acceptors (Lipinski definition) is 2. The van der Waals surface area contributed by atoms with Crippen LogP contribution < -0.4 is 0 Å². The molecule has 2 heteroatoms. The van der Waals surface area contributed by atoms with Crippen LogP contribution in [-0.2, 0) is 9.53 Å². The van der Waals surface area contributed by atoms with Crippen LogP contribution in [0.5, 0.6) is 0 Å². The van der Waals surface area contributed by atoms with Crippen molar-refractivity contribution in [2.45, 2.75) is 52.9 Å². The summed E-state index contributed by atoms with van der Waals surface area (Å²) in [6, 6.07) is 0. The minimum atomic E-state index is -0.00245. The Morgan fingerprint density at radius 1 is 1.33 bits per heavy atom. The van der Waals surface area contributed by atoms with Crippen molar-refractivity contribution in [3.63, 3.8) is 0 Å². The van der Waals surface area contributed by atoms with Crippen molar-refractivity contribution in [1.29, 1.82) is 0 Å². The van der Waals surface area contributed by atoms with Crippen LogP contribution in [0.3, 0.4) is 0 Å². The molecule has 1 aliphatic carbocycles. The second-order valence-corrected chi connectivity index (χ2v) is 4.78. The van der Waals surface area contributed by atoms with Gasteiger partial charge in [0, 0.05) is 6.42 Å². The van der Waals surface area contributed by atoms with E-state index in [-0.39, 0.29) is 5.97 Å². The fourth-order valence-electron chi connectivity index (χ4n) is 2.88. The van der Waals surface area contributed by atoms with Gasteiger partial charge in [0.25, 0.3) is 0 Å². The van der Waals surface area contributed by atoms with Crippen molar-refractivity contribution >= 4 is 5.97 Å². The molecule has 0 aromatic heterocycles. The van der Waals surface area contributed by atoms with E-state index in [1.165, 1.54) is 25.7 Å². The van der Waals surface area contributed by atoms with Crippen LogP contribution >= 0.6 is 0 Å². The molecule has 0 saturated heterocycles. The lowest BCUT2D eigenvalue weighted by atomic mass is 9.85. The van der Waals surface area contributed by atoms with E-state index in [1.54, 1.807) is 0 Å². The summed E-state index contributed by atoms with van der Waals surface area (Å²) in [4.78, 5) is 11.5. The number of ether oxygens (including phenoxy) is 1. The van der Waals surface area contributed by atoms with Crippen LogP contribution in [0.15, 0.2) is 0 Å². The normalized spacial score (nSPS) is 30.5. The topological polar surface area (TPSA) is 26.3 Å². The number of carbonyl (C=O) groups excluding carboxylic acids is 1. The van der Waals surface area contributed by atoms with Gasteiger partial charge < -0.3 is 4.74 Å². The zero-order chi connectivity index (χ0) is 11.3. The zero-order valence-electron chi connectivity index (χ0n) is 10.3. The summed E-state index contributed by atoms with van der Waals surface area (Å²) >= 11 is 0. The largest absolute Gasteiger partial charge is 0.466 e. The van der Waals surface area contributed by atoms with Gasteiger partial charge >= 0.3 is 5.97 Å². The van der Waals surface area contributed by atoms with Gasteiger partial charge in [-0.3, -0.25) is 4.79 Å². The number of rotatable bonds is 5. The van der Waals surface area contributed by atoms with E-state index in [2.05, 4.69) is 13.8 Å². The second-order valence-electron chi connectivity index (χ2n) is 4.78. The molecule has 88 valence electrons. The Hall–Kier alpha value is -0.530. The van der Waals surface area contributed by atoms with Crippen molar-refractivity contribution < 1.29 is 9.53 Å². The highest BCUT2D eigenvalue weighted by atomic mass is 16.5.